The van der Waals surface area contributed by atoms with Crippen LogP contribution in [0.4, 0.5) is 5.69 Å². The molecule has 0 aliphatic heterocycles. The van der Waals surface area contributed by atoms with E-state index in [0.717, 1.165) is 5.56 Å². The number of carbonyl (C=O) groups excluding carboxylic acids is 2. The second-order valence-electron chi connectivity index (χ2n) is 4.18. The Morgan fingerprint density at radius 3 is 2.32 bits per heavy atom. The van der Waals surface area contributed by atoms with Gasteiger partial charge in [0.25, 0.3) is 0 Å². The molecule has 0 spiro atoms. The van der Waals surface area contributed by atoms with Crippen LogP contribution in [0.1, 0.15) is 5.56 Å². The fourth-order valence-corrected chi connectivity index (χ4v) is 1.82. The molecule has 2 aromatic carbocycles. The highest BCUT2D eigenvalue weighted by Crippen LogP contribution is 2.20. The van der Waals surface area contributed by atoms with Crippen molar-refractivity contribution < 1.29 is 9.59 Å². The zero-order chi connectivity index (χ0) is 15.9. The number of anilines is 1. The zero-order valence-electron chi connectivity index (χ0n) is 11.2. The number of hydrogen-bond acceptors (Lipinski definition) is 3. The lowest BCUT2D eigenvalue weighted by Crippen LogP contribution is -2.32. The molecule has 0 aromatic heterocycles. The van der Waals surface area contributed by atoms with Gasteiger partial charge in [-0.3, -0.25) is 9.59 Å². The molecule has 5 nitrogen and oxygen atoms in total. The number of nitrogens with one attached hydrogen (secondary N) is 2. The average molecular weight is 336 g/mol. The standard InChI is InChI=1S/C15H11Cl2N3O2/c16-11-7-5-10(6-8-11)9-18-20-15(22)14(21)19-13-4-2-1-3-12(13)17/h1-9H,(H,19,21)(H,20,22). The Bertz CT molecular complexity index is 715. The van der Waals surface area contributed by atoms with Crippen LogP contribution in [0.25, 0.3) is 0 Å². The molecule has 2 aromatic rings. The van der Waals surface area contributed by atoms with E-state index >= 15 is 0 Å². The molecule has 0 unspecified atom stereocenters. The van der Waals surface area contributed by atoms with E-state index < -0.39 is 11.8 Å². The lowest BCUT2D eigenvalue weighted by Gasteiger charge is -2.05. The number of rotatable bonds is 3. The van der Waals surface area contributed by atoms with E-state index in [4.69, 9.17) is 23.2 Å². The van der Waals surface area contributed by atoms with E-state index in [1.165, 1.54) is 6.21 Å². The van der Waals surface area contributed by atoms with Crippen molar-refractivity contribution in [2.45, 2.75) is 0 Å². The predicted molar refractivity (Wildman–Crippen MR) is 87.3 cm³/mol. The average Bonchev–Trinajstić information content (AvgIpc) is 2.51. The summed E-state index contributed by atoms with van der Waals surface area (Å²) in [6.45, 7) is 0. The summed E-state index contributed by atoms with van der Waals surface area (Å²) < 4.78 is 0. The van der Waals surface area contributed by atoms with Gasteiger partial charge in [-0.15, -0.1) is 0 Å². The fraction of sp³-hybridized carbons (Fsp3) is 0. The van der Waals surface area contributed by atoms with E-state index in [1.54, 1.807) is 48.5 Å². The first-order valence-electron chi connectivity index (χ1n) is 6.21. The molecule has 0 radical (unpaired) electrons. The maximum atomic E-state index is 11.7. The van der Waals surface area contributed by atoms with Gasteiger partial charge in [0.1, 0.15) is 0 Å². The zero-order valence-corrected chi connectivity index (χ0v) is 12.7. The minimum absolute atomic E-state index is 0.341. The van der Waals surface area contributed by atoms with Crippen LogP contribution in [0.15, 0.2) is 53.6 Å². The summed E-state index contributed by atoms with van der Waals surface area (Å²) in [6.07, 6.45) is 1.40. The van der Waals surface area contributed by atoms with Crippen molar-refractivity contribution in [3.8, 4) is 0 Å². The molecule has 0 heterocycles. The van der Waals surface area contributed by atoms with E-state index in [2.05, 4.69) is 15.8 Å². The van der Waals surface area contributed by atoms with Crippen molar-refractivity contribution >= 4 is 46.9 Å². The van der Waals surface area contributed by atoms with Crippen molar-refractivity contribution in [1.82, 2.24) is 5.43 Å². The molecule has 0 fully saturated rings. The molecule has 0 aliphatic carbocycles. The molecule has 7 heteroatoms. The highest BCUT2D eigenvalue weighted by Gasteiger charge is 2.13. The summed E-state index contributed by atoms with van der Waals surface area (Å²) in [5.74, 6) is -1.76. The van der Waals surface area contributed by atoms with Crippen molar-refractivity contribution in [3.05, 3.63) is 64.1 Å². The van der Waals surface area contributed by atoms with Gasteiger partial charge in [-0.05, 0) is 29.8 Å². The number of hydrogen-bond donors (Lipinski definition) is 2. The summed E-state index contributed by atoms with van der Waals surface area (Å²) in [6, 6.07) is 13.4. The van der Waals surface area contributed by atoms with Crippen molar-refractivity contribution in [3.63, 3.8) is 0 Å². The van der Waals surface area contributed by atoms with Gasteiger partial charge in [-0.1, -0.05) is 47.5 Å². The summed E-state index contributed by atoms with van der Waals surface area (Å²) in [5.41, 5.74) is 3.21. The Hall–Kier alpha value is -2.37. The Kier molecular flexibility index (Phi) is 5.52. The van der Waals surface area contributed by atoms with Crippen LogP contribution in [-0.2, 0) is 9.59 Å². The van der Waals surface area contributed by atoms with Crippen molar-refractivity contribution in [2.24, 2.45) is 5.10 Å². The van der Waals surface area contributed by atoms with Gasteiger partial charge in [-0.2, -0.15) is 5.10 Å². The van der Waals surface area contributed by atoms with Gasteiger partial charge in [0.2, 0.25) is 0 Å². The first kappa shape index (κ1) is 16.0. The van der Waals surface area contributed by atoms with E-state index in [-0.39, 0.29) is 0 Å². The second kappa shape index (κ2) is 7.59. The van der Waals surface area contributed by atoms with Gasteiger partial charge in [0.05, 0.1) is 16.9 Å². The summed E-state index contributed by atoms with van der Waals surface area (Å²) in [7, 11) is 0. The third-order valence-corrected chi connectivity index (χ3v) is 3.16. The maximum Gasteiger partial charge on any atom is 0.329 e. The normalized spacial score (nSPS) is 10.5. The number of carbonyl (C=O) groups is 2. The van der Waals surface area contributed by atoms with Crippen LogP contribution in [0, 0.1) is 0 Å². The van der Waals surface area contributed by atoms with Gasteiger partial charge in [-0.25, -0.2) is 5.43 Å². The maximum absolute atomic E-state index is 11.7. The lowest BCUT2D eigenvalue weighted by atomic mass is 10.2. The number of hydrazone groups is 1. The fourth-order valence-electron chi connectivity index (χ4n) is 1.51. The summed E-state index contributed by atoms with van der Waals surface area (Å²) in [5, 5.41) is 7.03. The van der Waals surface area contributed by atoms with Gasteiger partial charge in [0, 0.05) is 5.02 Å². The van der Waals surface area contributed by atoms with Gasteiger partial charge >= 0.3 is 11.8 Å². The Balaban J connectivity index is 1.90. The van der Waals surface area contributed by atoms with Crippen LogP contribution >= 0.6 is 23.2 Å². The smallest absolute Gasteiger partial charge is 0.316 e. The SMILES string of the molecule is O=C(NN=Cc1ccc(Cl)cc1)C(=O)Nc1ccccc1Cl. The van der Waals surface area contributed by atoms with Crippen molar-refractivity contribution in [2.75, 3.05) is 5.32 Å². The van der Waals surface area contributed by atoms with Crippen LogP contribution < -0.4 is 10.7 Å². The molecule has 0 atom stereocenters. The number of amides is 2. The van der Waals surface area contributed by atoms with Crippen LogP contribution in [0.3, 0.4) is 0 Å². The Morgan fingerprint density at radius 2 is 1.64 bits per heavy atom. The minimum Gasteiger partial charge on any atom is -0.316 e. The largest absolute Gasteiger partial charge is 0.329 e. The molecule has 112 valence electrons. The highest BCUT2D eigenvalue weighted by atomic mass is 35.5. The third kappa shape index (κ3) is 4.58. The van der Waals surface area contributed by atoms with E-state index in [1.807, 2.05) is 0 Å². The molecule has 0 aliphatic rings. The van der Waals surface area contributed by atoms with Gasteiger partial charge in [0.15, 0.2) is 0 Å². The molecule has 0 saturated carbocycles. The van der Waals surface area contributed by atoms with Gasteiger partial charge < -0.3 is 5.32 Å². The molecule has 2 rings (SSSR count). The van der Waals surface area contributed by atoms with Crippen LogP contribution in [0.5, 0.6) is 0 Å². The number of para-hydroxylation sites is 1. The highest BCUT2D eigenvalue weighted by molar-refractivity contribution is 6.41. The first-order chi connectivity index (χ1) is 10.6. The molecule has 22 heavy (non-hydrogen) atoms. The topological polar surface area (TPSA) is 70.6 Å². The monoisotopic (exact) mass is 335 g/mol. The van der Waals surface area contributed by atoms with Crippen molar-refractivity contribution in [1.29, 1.82) is 0 Å². The summed E-state index contributed by atoms with van der Waals surface area (Å²) in [4.78, 5) is 23.3. The summed E-state index contributed by atoms with van der Waals surface area (Å²) >= 11 is 11.6. The molecule has 0 bridgehead atoms. The van der Waals surface area contributed by atoms with E-state index in [9.17, 15) is 9.59 Å². The molecular formula is C15H11Cl2N3O2. The minimum atomic E-state index is -0.898. The van der Waals surface area contributed by atoms with E-state index in [0.29, 0.717) is 15.7 Å². The molecular weight excluding hydrogens is 325 g/mol. The van der Waals surface area contributed by atoms with Crippen LogP contribution in [0.2, 0.25) is 10.0 Å². The molecule has 2 N–H and O–H groups in total. The third-order valence-electron chi connectivity index (χ3n) is 2.58. The van der Waals surface area contributed by atoms with Crippen LogP contribution in [-0.4, -0.2) is 18.0 Å². The first-order valence-corrected chi connectivity index (χ1v) is 6.96. The Labute approximate surface area is 136 Å². The number of nitrogens with zero attached hydrogens (tertiary/aromatic N) is 1. The number of halogens is 2. The lowest BCUT2D eigenvalue weighted by molar-refractivity contribution is -0.136. The molecule has 0 saturated heterocycles. The number of benzene rings is 2. The molecule has 2 amide bonds. The predicted octanol–water partition coefficient (Wildman–Crippen LogP) is 3.08. The second-order valence-corrected chi connectivity index (χ2v) is 5.03. The quantitative estimate of drug-likeness (QED) is 0.514. The Morgan fingerprint density at radius 1 is 0.955 bits per heavy atom.